The van der Waals surface area contributed by atoms with Gasteiger partial charge >= 0.3 is 0 Å². The van der Waals surface area contributed by atoms with Crippen molar-refractivity contribution in [2.75, 3.05) is 18.5 Å². The Morgan fingerprint density at radius 3 is 2.69 bits per heavy atom. The Bertz CT molecular complexity index is 1110. The number of ether oxygens (including phenoxy) is 1. The fraction of sp³-hybridized carbons (Fsp3) is 0.292. The third kappa shape index (κ3) is 5.38. The number of aromatic nitrogens is 1. The monoisotopic (exact) mass is 453 g/mol. The van der Waals surface area contributed by atoms with Crippen molar-refractivity contribution in [1.29, 1.82) is 0 Å². The van der Waals surface area contributed by atoms with E-state index in [-0.39, 0.29) is 23.7 Å². The number of carbonyl (C=O) groups is 2. The highest BCUT2D eigenvalue weighted by atomic mass is 32.1. The average molecular weight is 454 g/mol. The molecule has 1 fully saturated rings. The number of halogens is 1. The first kappa shape index (κ1) is 22.1. The number of nitrogens with one attached hydrogen (secondary N) is 2. The van der Waals surface area contributed by atoms with Crippen molar-refractivity contribution in [3.8, 4) is 0 Å². The first-order chi connectivity index (χ1) is 15.5. The van der Waals surface area contributed by atoms with Crippen LogP contribution in [-0.2, 0) is 11.2 Å². The molecule has 0 saturated carbocycles. The van der Waals surface area contributed by atoms with Gasteiger partial charge in [-0.3, -0.25) is 9.59 Å². The average Bonchev–Trinajstić information content (AvgIpc) is 3.43. The molecule has 2 aromatic carbocycles. The van der Waals surface area contributed by atoms with Crippen molar-refractivity contribution in [3.05, 3.63) is 81.1 Å². The van der Waals surface area contributed by atoms with E-state index >= 15 is 0 Å². The van der Waals surface area contributed by atoms with Crippen LogP contribution in [0, 0.1) is 12.7 Å². The molecule has 2 amide bonds. The normalized spacial score (nSPS) is 15.5. The van der Waals surface area contributed by atoms with Crippen LogP contribution >= 0.6 is 11.3 Å². The summed E-state index contributed by atoms with van der Waals surface area (Å²) in [6.45, 7) is 2.95. The van der Waals surface area contributed by atoms with Gasteiger partial charge in [-0.2, -0.15) is 0 Å². The summed E-state index contributed by atoms with van der Waals surface area (Å²) in [5.74, 6) is -0.859. The van der Waals surface area contributed by atoms with Gasteiger partial charge in [-0.15, -0.1) is 11.3 Å². The minimum Gasteiger partial charge on any atom is -0.376 e. The predicted octanol–water partition coefficient (Wildman–Crippen LogP) is 4.34. The van der Waals surface area contributed by atoms with Gasteiger partial charge in [0.05, 0.1) is 28.1 Å². The fourth-order valence-corrected chi connectivity index (χ4v) is 4.59. The minimum absolute atomic E-state index is 0.0417. The van der Waals surface area contributed by atoms with Gasteiger partial charge in [0.1, 0.15) is 10.7 Å². The molecular weight excluding hydrogens is 429 g/mol. The Morgan fingerprint density at radius 1 is 1.16 bits per heavy atom. The molecule has 4 rings (SSSR count). The molecule has 166 valence electrons. The second-order valence-corrected chi connectivity index (χ2v) is 8.75. The van der Waals surface area contributed by atoms with Crippen LogP contribution in [0.5, 0.6) is 0 Å². The van der Waals surface area contributed by atoms with Crippen LogP contribution in [-0.4, -0.2) is 36.1 Å². The topological polar surface area (TPSA) is 80.3 Å². The molecule has 8 heteroatoms. The van der Waals surface area contributed by atoms with E-state index in [1.54, 1.807) is 43.3 Å². The zero-order chi connectivity index (χ0) is 22.5. The second kappa shape index (κ2) is 10.0. The molecule has 1 aliphatic rings. The highest BCUT2D eigenvalue weighted by molar-refractivity contribution is 7.14. The molecular formula is C24H24FN3O3S. The Labute approximate surface area is 189 Å². The quantitative estimate of drug-likeness (QED) is 0.558. The highest BCUT2D eigenvalue weighted by Crippen LogP contribution is 2.24. The van der Waals surface area contributed by atoms with E-state index in [0.29, 0.717) is 34.8 Å². The van der Waals surface area contributed by atoms with E-state index in [4.69, 9.17) is 4.74 Å². The molecule has 0 radical (unpaired) electrons. The highest BCUT2D eigenvalue weighted by Gasteiger charge is 2.20. The summed E-state index contributed by atoms with van der Waals surface area (Å²) < 4.78 is 18.7. The van der Waals surface area contributed by atoms with Gasteiger partial charge in [0.2, 0.25) is 0 Å². The van der Waals surface area contributed by atoms with E-state index in [1.165, 1.54) is 23.5 Å². The second-order valence-electron chi connectivity index (χ2n) is 7.67. The molecule has 1 unspecified atom stereocenters. The lowest BCUT2D eigenvalue weighted by Gasteiger charge is -2.13. The minimum atomic E-state index is -0.315. The summed E-state index contributed by atoms with van der Waals surface area (Å²) >= 11 is 1.29. The molecule has 0 bridgehead atoms. The molecule has 0 spiro atoms. The predicted molar refractivity (Wildman–Crippen MR) is 122 cm³/mol. The largest absolute Gasteiger partial charge is 0.376 e. The van der Waals surface area contributed by atoms with Gasteiger partial charge in [-0.05, 0) is 49.6 Å². The van der Waals surface area contributed by atoms with Crippen LogP contribution in [0.15, 0.2) is 48.5 Å². The number of thiazole rings is 1. The Hall–Kier alpha value is -3.10. The van der Waals surface area contributed by atoms with E-state index < -0.39 is 0 Å². The molecule has 32 heavy (non-hydrogen) atoms. The van der Waals surface area contributed by atoms with E-state index in [1.807, 2.05) is 0 Å². The third-order valence-corrected chi connectivity index (χ3v) is 6.41. The molecule has 3 aromatic rings. The smallest absolute Gasteiger partial charge is 0.267 e. The van der Waals surface area contributed by atoms with Crippen molar-refractivity contribution >= 4 is 28.8 Å². The molecule has 0 aliphatic carbocycles. The molecule has 1 aromatic heterocycles. The maximum absolute atomic E-state index is 13.1. The van der Waals surface area contributed by atoms with Crippen molar-refractivity contribution < 1.29 is 18.7 Å². The summed E-state index contributed by atoms with van der Waals surface area (Å²) in [5.41, 5.74) is 2.37. The number of carbonyl (C=O) groups excluding carboxylic acids is 2. The summed E-state index contributed by atoms with van der Waals surface area (Å²) in [6, 6.07) is 13.1. The van der Waals surface area contributed by atoms with Gasteiger partial charge in [0, 0.05) is 19.6 Å². The molecule has 2 N–H and O–H groups in total. The number of amides is 2. The van der Waals surface area contributed by atoms with Crippen LogP contribution in [0.4, 0.5) is 10.1 Å². The van der Waals surface area contributed by atoms with Gasteiger partial charge in [-0.25, -0.2) is 9.37 Å². The molecule has 1 aliphatic heterocycles. The lowest BCUT2D eigenvalue weighted by molar-refractivity contribution is 0.0858. The number of para-hydroxylation sites is 1. The summed E-state index contributed by atoms with van der Waals surface area (Å²) in [4.78, 5) is 30.6. The standard InChI is InChI=1S/C24H24FN3O3S/c1-15-22(32-21(27-15)13-16-8-10-17(25)11-9-16)24(30)28-20-7-3-2-6-19(20)23(29)26-14-18-5-4-12-31-18/h2-3,6-11,18H,4-5,12-14H2,1H3,(H,26,29)(H,28,30). The Morgan fingerprint density at radius 2 is 1.94 bits per heavy atom. The third-order valence-electron chi connectivity index (χ3n) is 5.25. The lowest BCUT2D eigenvalue weighted by Crippen LogP contribution is -2.32. The number of anilines is 1. The number of hydrogen-bond donors (Lipinski definition) is 2. The van der Waals surface area contributed by atoms with Crippen LogP contribution in [0.3, 0.4) is 0 Å². The van der Waals surface area contributed by atoms with Gasteiger partial charge < -0.3 is 15.4 Å². The molecule has 2 heterocycles. The maximum atomic E-state index is 13.1. The van der Waals surface area contributed by atoms with Gasteiger partial charge in [0.15, 0.2) is 0 Å². The fourth-order valence-electron chi connectivity index (χ4n) is 3.59. The number of benzene rings is 2. The van der Waals surface area contributed by atoms with Crippen molar-refractivity contribution in [2.45, 2.75) is 32.3 Å². The van der Waals surface area contributed by atoms with Crippen LogP contribution in [0.25, 0.3) is 0 Å². The van der Waals surface area contributed by atoms with E-state index in [9.17, 15) is 14.0 Å². The van der Waals surface area contributed by atoms with Gasteiger partial charge in [0.25, 0.3) is 11.8 Å². The molecule has 1 saturated heterocycles. The Balaban J connectivity index is 1.44. The maximum Gasteiger partial charge on any atom is 0.267 e. The summed E-state index contributed by atoms with van der Waals surface area (Å²) in [7, 11) is 0. The van der Waals surface area contributed by atoms with Crippen LogP contribution in [0.2, 0.25) is 0 Å². The zero-order valence-corrected chi connectivity index (χ0v) is 18.5. The van der Waals surface area contributed by atoms with E-state index in [0.717, 1.165) is 30.0 Å². The number of nitrogens with zero attached hydrogens (tertiary/aromatic N) is 1. The summed E-state index contributed by atoms with van der Waals surface area (Å²) in [5, 5.41) is 6.51. The first-order valence-electron chi connectivity index (χ1n) is 10.5. The van der Waals surface area contributed by atoms with Crippen molar-refractivity contribution in [3.63, 3.8) is 0 Å². The lowest BCUT2D eigenvalue weighted by atomic mass is 10.1. The Kier molecular flexibility index (Phi) is 6.92. The summed E-state index contributed by atoms with van der Waals surface area (Å²) in [6.07, 6.45) is 2.50. The SMILES string of the molecule is Cc1nc(Cc2ccc(F)cc2)sc1C(=O)Nc1ccccc1C(=O)NCC1CCCO1. The van der Waals surface area contributed by atoms with Crippen LogP contribution < -0.4 is 10.6 Å². The number of aryl methyl sites for hydroxylation is 1. The van der Waals surface area contributed by atoms with Gasteiger partial charge in [-0.1, -0.05) is 24.3 Å². The van der Waals surface area contributed by atoms with Crippen molar-refractivity contribution in [2.24, 2.45) is 0 Å². The zero-order valence-electron chi connectivity index (χ0n) is 17.7. The number of hydrogen-bond acceptors (Lipinski definition) is 5. The molecule has 6 nitrogen and oxygen atoms in total. The molecule has 1 atom stereocenters. The first-order valence-corrected chi connectivity index (χ1v) is 11.3. The number of rotatable bonds is 7. The van der Waals surface area contributed by atoms with E-state index in [2.05, 4.69) is 15.6 Å². The van der Waals surface area contributed by atoms with Crippen molar-refractivity contribution in [1.82, 2.24) is 10.3 Å². The van der Waals surface area contributed by atoms with Crippen LogP contribution in [0.1, 0.15) is 49.1 Å².